The van der Waals surface area contributed by atoms with Gasteiger partial charge in [0.25, 0.3) is 0 Å². The lowest BCUT2D eigenvalue weighted by atomic mass is 10.1. The first kappa shape index (κ1) is 32.2. The minimum atomic E-state index is -0.407. The van der Waals surface area contributed by atoms with Crippen LogP contribution in [0.4, 0.5) is 28.3 Å². The number of ether oxygens (including phenoxy) is 2. The van der Waals surface area contributed by atoms with E-state index in [0.717, 1.165) is 5.69 Å². The first-order chi connectivity index (χ1) is 22.1. The summed E-state index contributed by atoms with van der Waals surface area (Å²) in [5.41, 5.74) is 1.50. The zero-order valence-electron chi connectivity index (χ0n) is 26.5. The van der Waals surface area contributed by atoms with Crippen LogP contribution in [-0.4, -0.2) is 110 Å². The molecule has 0 atom stereocenters. The van der Waals surface area contributed by atoms with Gasteiger partial charge in [-0.05, 0) is 20.8 Å². The number of carbonyl (C=O) groups is 2. The van der Waals surface area contributed by atoms with E-state index in [0.29, 0.717) is 81.5 Å². The van der Waals surface area contributed by atoms with Crippen LogP contribution in [0.3, 0.4) is 0 Å². The second kappa shape index (κ2) is 14.7. The molecule has 3 aromatic heterocycles. The standard InChI is InChI=1S/C22H22N10O.C9H17NO3/c1-30-14-18(13-27-30)28-20-25-15-26-22(29-20)32-9-7-31(8-10-32)21-23-11-17(12-24-21)19(33)16-5-3-2-4-6-16;1-9(2,3)13-8(11)10-4-6-12-7-5-10/h2-6,11-15H,7-10H2,1H3,(H,25,26,28,29);4-7H2,1-3H3. The van der Waals surface area contributed by atoms with Crippen molar-refractivity contribution in [1.29, 1.82) is 0 Å². The number of aryl methyl sites for hydroxylation is 1. The van der Waals surface area contributed by atoms with Crippen LogP contribution in [0.25, 0.3) is 0 Å². The smallest absolute Gasteiger partial charge is 0.410 e. The number of ketones is 1. The fourth-order valence-corrected chi connectivity index (χ4v) is 4.65. The Labute approximate surface area is 267 Å². The molecule has 0 radical (unpaired) electrons. The number of morpholine rings is 1. The normalized spacial score (nSPS) is 15.1. The first-order valence-electron chi connectivity index (χ1n) is 15.1. The molecule has 2 fully saturated rings. The Balaban J connectivity index is 0.000000270. The number of rotatable bonds is 6. The lowest BCUT2D eigenvalue weighted by molar-refractivity contribution is -0.00677. The SMILES string of the molecule is CC(C)(C)OC(=O)N1CCOCC1.Cn1cc(Nc2ncnc(N3CCN(c4ncc(C(=O)c5ccccc5)cn4)CC3)n2)cn1. The van der Waals surface area contributed by atoms with Crippen molar-refractivity contribution in [3.8, 4) is 0 Å². The van der Waals surface area contributed by atoms with Crippen LogP contribution in [0.15, 0.2) is 61.4 Å². The topological polar surface area (TPSA) is 157 Å². The fourth-order valence-electron chi connectivity index (χ4n) is 4.65. The molecular formula is C31H39N11O4. The van der Waals surface area contributed by atoms with E-state index in [1.165, 1.54) is 6.33 Å². The average Bonchev–Trinajstić information content (AvgIpc) is 3.49. The van der Waals surface area contributed by atoms with E-state index in [1.807, 2.05) is 52.2 Å². The zero-order chi connectivity index (χ0) is 32.5. The molecule has 4 aromatic rings. The molecule has 2 aliphatic heterocycles. The maximum absolute atomic E-state index is 12.5. The van der Waals surface area contributed by atoms with Gasteiger partial charge in [0.1, 0.15) is 11.9 Å². The van der Waals surface area contributed by atoms with Gasteiger partial charge in [-0.1, -0.05) is 30.3 Å². The Bertz CT molecular complexity index is 1580. The number of amides is 1. The van der Waals surface area contributed by atoms with Gasteiger partial charge >= 0.3 is 6.09 Å². The second-order valence-electron chi connectivity index (χ2n) is 11.7. The Morgan fingerprint density at radius 2 is 1.48 bits per heavy atom. The van der Waals surface area contributed by atoms with Gasteiger partial charge in [0.2, 0.25) is 17.8 Å². The maximum Gasteiger partial charge on any atom is 0.410 e. The Morgan fingerprint density at radius 1 is 0.826 bits per heavy atom. The third-order valence-electron chi connectivity index (χ3n) is 6.96. The van der Waals surface area contributed by atoms with Crippen LogP contribution in [0, 0.1) is 0 Å². The largest absolute Gasteiger partial charge is 0.444 e. The Kier molecular flexibility index (Phi) is 10.3. The van der Waals surface area contributed by atoms with Crippen molar-refractivity contribution in [2.75, 3.05) is 67.6 Å². The molecule has 15 nitrogen and oxygen atoms in total. The number of anilines is 4. The van der Waals surface area contributed by atoms with E-state index in [1.54, 1.807) is 40.3 Å². The predicted octanol–water partition coefficient (Wildman–Crippen LogP) is 2.95. The molecule has 15 heteroatoms. The van der Waals surface area contributed by atoms with Crippen molar-refractivity contribution in [3.63, 3.8) is 0 Å². The summed E-state index contributed by atoms with van der Waals surface area (Å²) in [5.74, 6) is 1.60. The highest BCUT2D eigenvalue weighted by Crippen LogP contribution is 2.18. The highest BCUT2D eigenvalue weighted by atomic mass is 16.6. The van der Waals surface area contributed by atoms with Crippen molar-refractivity contribution in [2.45, 2.75) is 26.4 Å². The van der Waals surface area contributed by atoms with Gasteiger partial charge in [-0.3, -0.25) is 9.48 Å². The maximum atomic E-state index is 12.5. The summed E-state index contributed by atoms with van der Waals surface area (Å²) in [7, 11) is 1.85. The molecule has 5 heterocycles. The highest BCUT2D eigenvalue weighted by Gasteiger charge is 2.24. The van der Waals surface area contributed by atoms with Crippen molar-refractivity contribution in [2.24, 2.45) is 7.05 Å². The summed E-state index contributed by atoms with van der Waals surface area (Å²) < 4.78 is 12.0. The monoisotopic (exact) mass is 629 g/mol. The molecule has 6 rings (SSSR count). The number of piperazine rings is 1. The molecule has 0 saturated carbocycles. The summed E-state index contributed by atoms with van der Waals surface area (Å²) in [6.45, 7) is 10.9. The average molecular weight is 630 g/mol. The highest BCUT2D eigenvalue weighted by molar-refractivity contribution is 6.08. The van der Waals surface area contributed by atoms with Gasteiger partial charge in [-0.25, -0.2) is 24.7 Å². The number of hydrogen-bond donors (Lipinski definition) is 1. The third-order valence-corrected chi connectivity index (χ3v) is 6.96. The van der Waals surface area contributed by atoms with E-state index in [2.05, 4.69) is 45.1 Å². The molecule has 0 bridgehead atoms. The molecule has 0 spiro atoms. The molecule has 1 aromatic carbocycles. The van der Waals surface area contributed by atoms with Crippen molar-refractivity contribution in [3.05, 3.63) is 72.6 Å². The van der Waals surface area contributed by atoms with Crippen LogP contribution >= 0.6 is 0 Å². The third kappa shape index (κ3) is 8.94. The molecule has 242 valence electrons. The molecule has 1 N–H and O–H groups in total. The van der Waals surface area contributed by atoms with Crippen LogP contribution in [0.5, 0.6) is 0 Å². The predicted molar refractivity (Wildman–Crippen MR) is 171 cm³/mol. The van der Waals surface area contributed by atoms with Crippen LogP contribution in [0.1, 0.15) is 36.7 Å². The molecule has 0 unspecified atom stereocenters. The van der Waals surface area contributed by atoms with E-state index >= 15 is 0 Å². The van der Waals surface area contributed by atoms with Crippen LogP contribution < -0.4 is 15.1 Å². The zero-order valence-corrected chi connectivity index (χ0v) is 26.5. The van der Waals surface area contributed by atoms with E-state index < -0.39 is 5.60 Å². The van der Waals surface area contributed by atoms with Crippen molar-refractivity contribution < 1.29 is 19.1 Å². The summed E-state index contributed by atoms with van der Waals surface area (Å²) in [6, 6.07) is 9.13. The van der Waals surface area contributed by atoms with Gasteiger partial charge < -0.3 is 29.5 Å². The molecule has 2 aliphatic rings. The van der Waals surface area contributed by atoms with Crippen LogP contribution in [-0.2, 0) is 16.5 Å². The number of benzene rings is 1. The lowest BCUT2D eigenvalue weighted by Gasteiger charge is -2.34. The molecule has 0 aliphatic carbocycles. The first-order valence-corrected chi connectivity index (χ1v) is 15.1. The van der Waals surface area contributed by atoms with E-state index in [9.17, 15) is 9.59 Å². The molecular weight excluding hydrogens is 590 g/mol. The van der Waals surface area contributed by atoms with Gasteiger partial charge in [0, 0.05) is 70.5 Å². The number of nitrogens with one attached hydrogen (secondary N) is 1. The Hall–Kier alpha value is -5.18. The van der Waals surface area contributed by atoms with E-state index in [-0.39, 0.29) is 11.9 Å². The fraction of sp³-hybridized carbons (Fsp3) is 0.419. The summed E-state index contributed by atoms with van der Waals surface area (Å²) in [5, 5.41) is 7.26. The quantitative estimate of drug-likeness (QED) is 0.311. The van der Waals surface area contributed by atoms with Gasteiger partial charge in [-0.15, -0.1) is 0 Å². The second-order valence-corrected chi connectivity index (χ2v) is 11.7. The van der Waals surface area contributed by atoms with Crippen molar-refractivity contribution >= 4 is 35.4 Å². The van der Waals surface area contributed by atoms with E-state index in [4.69, 9.17) is 9.47 Å². The number of aromatic nitrogens is 7. The van der Waals surface area contributed by atoms with Gasteiger partial charge in [0.15, 0.2) is 5.78 Å². The van der Waals surface area contributed by atoms with Crippen molar-refractivity contribution in [1.82, 2.24) is 39.6 Å². The van der Waals surface area contributed by atoms with Crippen LogP contribution in [0.2, 0.25) is 0 Å². The van der Waals surface area contributed by atoms with Gasteiger partial charge in [-0.2, -0.15) is 10.1 Å². The number of carbonyl (C=O) groups excluding carboxylic acids is 2. The summed E-state index contributed by atoms with van der Waals surface area (Å²) >= 11 is 0. The molecule has 1 amide bonds. The number of hydrogen-bond acceptors (Lipinski definition) is 13. The lowest BCUT2D eigenvalue weighted by Crippen LogP contribution is -2.47. The minimum Gasteiger partial charge on any atom is -0.444 e. The van der Waals surface area contributed by atoms with Gasteiger partial charge in [0.05, 0.1) is 30.7 Å². The minimum absolute atomic E-state index is 0.0856. The number of nitrogens with zero attached hydrogens (tertiary/aromatic N) is 10. The summed E-state index contributed by atoms with van der Waals surface area (Å²) in [6.07, 6.45) is 8.00. The molecule has 2 saturated heterocycles. The Morgan fingerprint density at radius 3 is 2.09 bits per heavy atom. The molecule has 46 heavy (non-hydrogen) atoms. The summed E-state index contributed by atoms with van der Waals surface area (Å²) in [4.78, 5) is 51.8.